The van der Waals surface area contributed by atoms with Crippen LogP contribution in [0.4, 0.5) is 0 Å². The molecule has 1 rings (SSSR count). The van der Waals surface area contributed by atoms with Crippen LogP contribution in [0.25, 0.3) is 0 Å². The number of aliphatic hydroxyl groups is 1. The maximum Gasteiger partial charge on any atom is 0.120 e. The van der Waals surface area contributed by atoms with Crippen LogP contribution in [0.1, 0.15) is 18.9 Å². The molecule has 0 saturated carbocycles. The summed E-state index contributed by atoms with van der Waals surface area (Å²) >= 11 is 6.10. The van der Waals surface area contributed by atoms with Crippen molar-refractivity contribution in [1.29, 1.82) is 0 Å². The summed E-state index contributed by atoms with van der Waals surface area (Å²) in [6.45, 7) is 2.27. The molecule has 1 unspecified atom stereocenters. The van der Waals surface area contributed by atoms with Gasteiger partial charge in [-0.05, 0) is 30.0 Å². The number of ether oxygens (including phenoxy) is 1. The summed E-state index contributed by atoms with van der Waals surface area (Å²) in [7, 11) is 1.62. The van der Waals surface area contributed by atoms with E-state index in [1.807, 2.05) is 12.1 Å². The van der Waals surface area contributed by atoms with Crippen LogP contribution in [0.3, 0.4) is 0 Å². The number of halogens is 1. The van der Waals surface area contributed by atoms with Crippen LogP contribution in [0.2, 0.25) is 5.02 Å². The van der Waals surface area contributed by atoms with Crippen molar-refractivity contribution >= 4 is 11.6 Å². The number of rotatable bonds is 5. The topological polar surface area (TPSA) is 29.5 Å². The third-order valence-electron chi connectivity index (χ3n) is 2.60. The molecule has 0 aromatic heterocycles. The molecule has 0 heterocycles. The monoisotopic (exact) mass is 228 g/mol. The van der Waals surface area contributed by atoms with E-state index in [1.165, 1.54) is 0 Å². The van der Waals surface area contributed by atoms with Gasteiger partial charge in [0.05, 0.1) is 7.11 Å². The average Bonchev–Trinajstić information content (AvgIpc) is 2.27. The van der Waals surface area contributed by atoms with Crippen molar-refractivity contribution in [2.24, 2.45) is 5.92 Å². The number of methoxy groups -OCH3 is 1. The van der Waals surface area contributed by atoms with Crippen LogP contribution in [0.15, 0.2) is 18.2 Å². The molecule has 0 aliphatic rings. The van der Waals surface area contributed by atoms with Gasteiger partial charge in [-0.3, -0.25) is 0 Å². The van der Waals surface area contributed by atoms with Crippen LogP contribution in [0.5, 0.6) is 5.75 Å². The highest BCUT2D eigenvalue weighted by molar-refractivity contribution is 6.31. The second-order valence-corrected chi connectivity index (χ2v) is 4.03. The predicted octanol–water partition coefficient (Wildman–Crippen LogP) is 2.91. The summed E-state index contributed by atoms with van der Waals surface area (Å²) in [5.41, 5.74) is 1.07. The van der Waals surface area contributed by atoms with E-state index in [4.69, 9.17) is 21.4 Å². The van der Waals surface area contributed by atoms with E-state index < -0.39 is 0 Å². The van der Waals surface area contributed by atoms with Crippen molar-refractivity contribution in [2.45, 2.75) is 19.8 Å². The van der Waals surface area contributed by atoms with Gasteiger partial charge < -0.3 is 9.84 Å². The lowest BCUT2D eigenvalue weighted by atomic mass is 9.98. The van der Waals surface area contributed by atoms with Crippen LogP contribution >= 0.6 is 11.6 Å². The quantitative estimate of drug-likeness (QED) is 0.840. The fraction of sp³-hybridized carbons (Fsp3) is 0.500. The molecule has 2 nitrogen and oxygen atoms in total. The first-order chi connectivity index (χ1) is 7.21. The van der Waals surface area contributed by atoms with Gasteiger partial charge in [0.2, 0.25) is 0 Å². The first-order valence-electron chi connectivity index (χ1n) is 5.14. The fourth-order valence-corrected chi connectivity index (χ4v) is 1.72. The van der Waals surface area contributed by atoms with Gasteiger partial charge >= 0.3 is 0 Å². The molecular weight excluding hydrogens is 212 g/mol. The minimum atomic E-state index is 0.207. The maximum absolute atomic E-state index is 9.11. The Morgan fingerprint density at radius 2 is 2.20 bits per heavy atom. The van der Waals surface area contributed by atoms with Gasteiger partial charge in [0.15, 0.2) is 0 Å². The molecule has 1 N–H and O–H groups in total. The summed E-state index contributed by atoms with van der Waals surface area (Å²) in [5, 5.41) is 9.82. The Morgan fingerprint density at radius 3 is 2.67 bits per heavy atom. The Labute approximate surface area is 95.8 Å². The summed E-state index contributed by atoms with van der Waals surface area (Å²) in [5.74, 6) is 1.05. The summed E-state index contributed by atoms with van der Waals surface area (Å²) in [6.07, 6.45) is 1.77. The largest absolute Gasteiger partial charge is 0.497 e. The Kier molecular flexibility index (Phi) is 4.92. The third-order valence-corrected chi connectivity index (χ3v) is 2.96. The molecule has 0 saturated heterocycles. The molecule has 0 radical (unpaired) electrons. The minimum Gasteiger partial charge on any atom is -0.497 e. The molecule has 1 aromatic carbocycles. The van der Waals surface area contributed by atoms with Crippen molar-refractivity contribution in [3.63, 3.8) is 0 Å². The zero-order chi connectivity index (χ0) is 11.3. The Morgan fingerprint density at radius 1 is 1.47 bits per heavy atom. The second-order valence-electron chi connectivity index (χ2n) is 3.62. The standard InChI is InChI=1S/C12H17ClO2/c1-3-9(8-14)6-10-4-5-11(15-2)7-12(10)13/h4-5,7,9,14H,3,6,8H2,1-2H3. The van der Waals surface area contributed by atoms with E-state index in [-0.39, 0.29) is 12.5 Å². The van der Waals surface area contributed by atoms with E-state index >= 15 is 0 Å². The van der Waals surface area contributed by atoms with Gasteiger partial charge in [-0.15, -0.1) is 0 Å². The Hall–Kier alpha value is -0.730. The van der Waals surface area contributed by atoms with Crippen molar-refractivity contribution in [3.8, 4) is 5.75 Å². The third kappa shape index (κ3) is 3.40. The van der Waals surface area contributed by atoms with Gasteiger partial charge in [0.25, 0.3) is 0 Å². The zero-order valence-electron chi connectivity index (χ0n) is 9.16. The summed E-state index contributed by atoms with van der Waals surface area (Å²) < 4.78 is 5.07. The van der Waals surface area contributed by atoms with E-state index in [0.29, 0.717) is 5.02 Å². The maximum atomic E-state index is 9.11. The lowest BCUT2D eigenvalue weighted by Crippen LogP contribution is -2.08. The fourth-order valence-electron chi connectivity index (χ4n) is 1.47. The summed E-state index contributed by atoms with van der Waals surface area (Å²) in [4.78, 5) is 0. The molecule has 0 spiro atoms. The first-order valence-corrected chi connectivity index (χ1v) is 5.52. The average molecular weight is 229 g/mol. The van der Waals surface area contributed by atoms with Crippen LogP contribution in [-0.4, -0.2) is 18.8 Å². The lowest BCUT2D eigenvalue weighted by molar-refractivity contribution is 0.222. The number of hydrogen-bond donors (Lipinski definition) is 1. The molecule has 0 aliphatic heterocycles. The first kappa shape index (κ1) is 12.3. The van der Waals surface area contributed by atoms with E-state index in [0.717, 1.165) is 24.2 Å². The second kappa shape index (κ2) is 5.99. The number of benzene rings is 1. The van der Waals surface area contributed by atoms with Crippen LogP contribution in [0, 0.1) is 5.92 Å². The molecule has 1 aromatic rings. The van der Waals surface area contributed by atoms with Crippen LogP contribution in [-0.2, 0) is 6.42 Å². The predicted molar refractivity (Wildman–Crippen MR) is 62.6 cm³/mol. The molecule has 84 valence electrons. The highest BCUT2D eigenvalue weighted by Gasteiger charge is 2.09. The summed E-state index contributed by atoms with van der Waals surface area (Å²) in [6, 6.07) is 5.66. The Balaban J connectivity index is 2.77. The zero-order valence-corrected chi connectivity index (χ0v) is 9.92. The van der Waals surface area contributed by atoms with E-state index in [2.05, 4.69) is 6.92 Å². The molecular formula is C12H17ClO2. The molecule has 0 amide bonds. The lowest BCUT2D eigenvalue weighted by Gasteiger charge is -2.13. The van der Waals surface area contributed by atoms with Gasteiger partial charge in [0, 0.05) is 11.6 Å². The number of hydrogen-bond acceptors (Lipinski definition) is 2. The van der Waals surface area contributed by atoms with Crippen molar-refractivity contribution in [2.75, 3.05) is 13.7 Å². The molecule has 1 atom stereocenters. The van der Waals surface area contributed by atoms with Crippen molar-refractivity contribution in [3.05, 3.63) is 28.8 Å². The molecule has 0 bridgehead atoms. The van der Waals surface area contributed by atoms with Crippen molar-refractivity contribution in [1.82, 2.24) is 0 Å². The highest BCUT2D eigenvalue weighted by Crippen LogP contribution is 2.25. The molecule has 3 heteroatoms. The van der Waals surface area contributed by atoms with Gasteiger partial charge in [-0.2, -0.15) is 0 Å². The SMILES string of the molecule is CCC(CO)Cc1ccc(OC)cc1Cl. The molecule has 0 fully saturated rings. The van der Waals surface area contributed by atoms with Gasteiger partial charge in [0.1, 0.15) is 5.75 Å². The van der Waals surface area contributed by atoms with E-state index in [1.54, 1.807) is 13.2 Å². The van der Waals surface area contributed by atoms with Gasteiger partial charge in [-0.1, -0.05) is 31.0 Å². The minimum absolute atomic E-state index is 0.207. The van der Waals surface area contributed by atoms with Crippen molar-refractivity contribution < 1.29 is 9.84 Å². The molecule has 15 heavy (non-hydrogen) atoms. The number of aliphatic hydroxyl groups excluding tert-OH is 1. The van der Waals surface area contributed by atoms with Gasteiger partial charge in [-0.25, -0.2) is 0 Å². The Bertz CT molecular complexity index is 308. The smallest absolute Gasteiger partial charge is 0.120 e. The van der Waals surface area contributed by atoms with Crippen LogP contribution < -0.4 is 4.74 Å². The normalized spacial score (nSPS) is 12.5. The van der Waals surface area contributed by atoms with E-state index in [9.17, 15) is 0 Å². The molecule has 0 aliphatic carbocycles. The highest BCUT2D eigenvalue weighted by atomic mass is 35.5.